The molecule has 24 heavy (non-hydrogen) atoms. The molecule has 0 aliphatic heterocycles. The van der Waals surface area contributed by atoms with Gasteiger partial charge < -0.3 is 8.75 Å². The maximum Gasteiger partial charge on any atom is 0.534 e. The molecule has 0 saturated carbocycles. The van der Waals surface area contributed by atoms with Crippen molar-refractivity contribution in [2.24, 2.45) is 7.05 Å². The van der Waals surface area contributed by atoms with Crippen molar-refractivity contribution in [3.8, 4) is 17.9 Å². The lowest BCUT2D eigenvalue weighted by Gasteiger charge is -2.13. The largest absolute Gasteiger partial charge is 0.534 e. The number of pyridine rings is 2. The van der Waals surface area contributed by atoms with Gasteiger partial charge in [0.25, 0.3) is 5.56 Å². The third-order valence-corrected chi connectivity index (χ3v) is 3.85. The summed E-state index contributed by atoms with van der Waals surface area (Å²) in [5, 5.41) is 17.8. The fourth-order valence-electron chi connectivity index (χ4n) is 1.78. The molecule has 12 heteroatoms. The lowest BCUT2D eigenvalue weighted by atomic mass is 10.2. The summed E-state index contributed by atoms with van der Waals surface area (Å²) in [6.45, 7) is 0. The van der Waals surface area contributed by atoms with Gasteiger partial charge >= 0.3 is 15.6 Å². The van der Waals surface area contributed by atoms with E-state index in [1.54, 1.807) is 6.07 Å². The molecule has 124 valence electrons. The smallest absolute Gasteiger partial charge is 0.372 e. The first kappa shape index (κ1) is 17.2. The number of hydrogen-bond acceptors (Lipinski definition) is 7. The minimum absolute atomic E-state index is 0.120. The third kappa shape index (κ3) is 2.63. The number of hydrogen-bond donors (Lipinski definition) is 0. The molecule has 0 saturated heterocycles. The van der Waals surface area contributed by atoms with E-state index in [1.807, 2.05) is 0 Å². The molecule has 0 bridgehead atoms. The van der Waals surface area contributed by atoms with Crippen molar-refractivity contribution in [2.45, 2.75) is 5.51 Å². The van der Waals surface area contributed by atoms with Gasteiger partial charge in [-0.1, -0.05) is 0 Å². The first-order valence-electron chi connectivity index (χ1n) is 5.88. The maximum absolute atomic E-state index is 12.5. The van der Waals surface area contributed by atoms with Gasteiger partial charge in [0.2, 0.25) is 0 Å². The van der Waals surface area contributed by atoms with Gasteiger partial charge in [-0.3, -0.25) is 4.79 Å². The summed E-state index contributed by atoms with van der Waals surface area (Å²) in [4.78, 5) is 15.7. The van der Waals surface area contributed by atoms with Crippen molar-refractivity contribution in [2.75, 3.05) is 0 Å². The molecule has 0 aliphatic carbocycles. The molecule has 2 aromatic rings. The molecule has 8 nitrogen and oxygen atoms in total. The summed E-state index contributed by atoms with van der Waals surface area (Å²) in [5.41, 5.74) is -8.78. The Morgan fingerprint density at radius 3 is 2.38 bits per heavy atom. The number of halogens is 3. The third-order valence-electron chi connectivity index (χ3n) is 2.90. The van der Waals surface area contributed by atoms with Crippen LogP contribution in [0, 0.1) is 22.7 Å². The van der Waals surface area contributed by atoms with Gasteiger partial charge in [-0.25, -0.2) is 4.98 Å². The predicted molar refractivity (Wildman–Crippen MR) is 72.0 cm³/mol. The first-order chi connectivity index (χ1) is 11.0. The van der Waals surface area contributed by atoms with E-state index in [0.717, 1.165) is 16.7 Å². The molecule has 2 aromatic heterocycles. The summed E-state index contributed by atoms with van der Waals surface area (Å²) < 4.78 is 64.9. The van der Waals surface area contributed by atoms with Crippen LogP contribution >= 0.6 is 0 Å². The molecular formula is C12H5F3N4O4S. The summed E-state index contributed by atoms with van der Waals surface area (Å²) >= 11 is 0. The van der Waals surface area contributed by atoms with E-state index >= 15 is 0 Å². The standard InChI is InChI=1S/C12H5F3N4O4S/c1-19-8-3-2-6(4-16)18-9(8)10(7(5-17)11(19)20)23-24(21,22)12(13,14)15/h2-3H,1H3. The zero-order valence-electron chi connectivity index (χ0n) is 11.6. The van der Waals surface area contributed by atoms with Crippen molar-refractivity contribution >= 4 is 21.2 Å². The lowest BCUT2D eigenvalue weighted by molar-refractivity contribution is -0.0499. The van der Waals surface area contributed by atoms with Crippen LogP contribution in [0.5, 0.6) is 5.75 Å². The number of nitrogens with zero attached hydrogens (tertiary/aromatic N) is 4. The Labute approximate surface area is 132 Å². The van der Waals surface area contributed by atoms with Gasteiger partial charge in [0.15, 0.2) is 11.3 Å². The minimum atomic E-state index is -6.15. The second kappa shape index (κ2) is 5.50. The normalized spacial score (nSPS) is 11.8. The molecule has 2 rings (SSSR count). The van der Waals surface area contributed by atoms with Crippen LogP contribution in [0.3, 0.4) is 0 Å². The van der Waals surface area contributed by atoms with E-state index in [0.29, 0.717) is 0 Å². The molecule has 0 atom stereocenters. The number of alkyl halides is 3. The topological polar surface area (TPSA) is 126 Å². The Morgan fingerprint density at radius 1 is 1.25 bits per heavy atom. The van der Waals surface area contributed by atoms with Crippen LogP contribution < -0.4 is 9.74 Å². The van der Waals surface area contributed by atoms with Crippen LogP contribution in [0.2, 0.25) is 0 Å². The van der Waals surface area contributed by atoms with E-state index in [2.05, 4.69) is 9.17 Å². The zero-order valence-corrected chi connectivity index (χ0v) is 12.4. The van der Waals surface area contributed by atoms with Crippen LogP contribution in [0.25, 0.3) is 11.0 Å². The van der Waals surface area contributed by atoms with Crippen LogP contribution in [0.15, 0.2) is 16.9 Å². The van der Waals surface area contributed by atoms with E-state index in [9.17, 15) is 26.4 Å². The number of aromatic nitrogens is 2. The van der Waals surface area contributed by atoms with Crippen LogP contribution in [-0.4, -0.2) is 23.5 Å². The van der Waals surface area contributed by atoms with Crippen LogP contribution in [-0.2, 0) is 17.2 Å². The van der Waals surface area contributed by atoms with Crippen molar-refractivity contribution in [1.82, 2.24) is 9.55 Å². The van der Waals surface area contributed by atoms with Crippen molar-refractivity contribution < 1.29 is 25.8 Å². The average Bonchev–Trinajstić information content (AvgIpc) is 2.51. The molecule has 0 amide bonds. The second-order valence-electron chi connectivity index (χ2n) is 4.34. The van der Waals surface area contributed by atoms with Crippen LogP contribution in [0.1, 0.15) is 11.3 Å². The Kier molecular flexibility index (Phi) is 3.95. The zero-order chi connectivity index (χ0) is 18.3. The van der Waals surface area contributed by atoms with Crippen molar-refractivity contribution in [1.29, 1.82) is 10.5 Å². The fraction of sp³-hybridized carbons (Fsp3) is 0.167. The molecule has 2 heterocycles. The molecular weight excluding hydrogens is 353 g/mol. The molecule has 0 unspecified atom stereocenters. The number of fused-ring (bicyclic) bond motifs is 1. The quantitative estimate of drug-likeness (QED) is 0.577. The molecule has 0 radical (unpaired) electrons. The Balaban J connectivity index is 2.96. The van der Waals surface area contributed by atoms with E-state index < -0.39 is 38.0 Å². The number of aryl methyl sites for hydroxylation is 1. The average molecular weight is 358 g/mol. The lowest BCUT2D eigenvalue weighted by Crippen LogP contribution is -2.30. The molecule has 0 aromatic carbocycles. The Morgan fingerprint density at radius 2 is 1.88 bits per heavy atom. The van der Waals surface area contributed by atoms with Crippen molar-refractivity contribution in [3.63, 3.8) is 0 Å². The predicted octanol–water partition coefficient (Wildman–Crippen LogP) is 0.905. The fourth-order valence-corrected chi connectivity index (χ4v) is 2.26. The highest BCUT2D eigenvalue weighted by molar-refractivity contribution is 7.88. The van der Waals surface area contributed by atoms with Gasteiger partial charge in [0.1, 0.15) is 23.3 Å². The molecule has 0 N–H and O–H groups in total. The Bertz CT molecular complexity index is 1090. The Hall–Kier alpha value is -3.12. The highest BCUT2D eigenvalue weighted by atomic mass is 32.2. The first-order valence-corrected chi connectivity index (χ1v) is 7.29. The maximum atomic E-state index is 12.5. The highest BCUT2D eigenvalue weighted by Gasteiger charge is 2.49. The van der Waals surface area contributed by atoms with Crippen molar-refractivity contribution in [3.05, 3.63) is 33.7 Å². The van der Waals surface area contributed by atoms with Gasteiger partial charge in [0.05, 0.1) is 5.52 Å². The van der Waals surface area contributed by atoms with Gasteiger partial charge in [-0.15, -0.1) is 0 Å². The van der Waals surface area contributed by atoms with Gasteiger partial charge in [0, 0.05) is 7.05 Å². The summed E-state index contributed by atoms with van der Waals surface area (Å²) in [5.74, 6) is -1.18. The second-order valence-corrected chi connectivity index (χ2v) is 5.88. The summed E-state index contributed by atoms with van der Waals surface area (Å²) in [7, 11) is -4.95. The van der Waals surface area contributed by atoms with Crippen LogP contribution in [0.4, 0.5) is 13.2 Å². The molecule has 0 aliphatic rings. The van der Waals surface area contributed by atoms with E-state index in [4.69, 9.17) is 10.5 Å². The van der Waals surface area contributed by atoms with Gasteiger partial charge in [-0.05, 0) is 12.1 Å². The highest BCUT2D eigenvalue weighted by Crippen LogP contribution is 2.32. The number of rotatable bonds is 2. The molecule has 0 spiro atoms. The summed E-state index contributed by atoms with van der Waals surface area (Å²) in [6.07, 6.45) is 0. The summed E-state index contributed by atoms with van der Waals surface area (Å²) in [6, 6.07) is 5.22. The molecule has 0 fully saturated rings. The van der Waals surface area contributed by atoms with Gasteiger partial charge in [-0.2, -0.15) is 32.1 Å². The number of nitriles is 2. The minimum Gasteiger partial charge on any atom is -0.372 e. The van der Waals surface area contributed by atoms with E-state index in [1.165, 1.54) is 13.1 Å². The SMILES string of the molecule is Cn1c(=O)c(C#N)c(OS(=O)(=O)C(F)(F)F)c2nc(C#N)ccc21. The van der Waals surface area contributed by atoms with E-state index in [-0.39, 0.29) is 11.2 Å². The monoisotopic (exact) mass is 358 g/mol.